The number of aromatic nitrogens is 2. The van der Waals surface area contributed by atoms with Crippen LogP contribution in [-0.4, -0.2) is 62.8 Å². The number of nitrogens with two attached hydrogens (primary N) is 1. The monoisotopic (exact) mass is 441 g/mol. The summed E-state index contributed by atoms with van der Waals surface area (Å²) in [6, 6.07) is 9.59. The second-order valence-corrected chi connectivity index (χ2v) is 8.28. The van der Waals surface area contributed by atoms with E-state index in [9.17, 15) is 9.90 Å². The van der Waals surface area contributed by atoms with Crippen molar-refractivity contribution in [2.45, 2.75) is 39.0 Å². The normalized spacial score (nSPS) is 21.4. The van der Waals surface area contributed by atoms with Gasteiger partial charge in [-0.1, -0.05) is 12.1 Å². The van der Waals surface area contributed by atoms with E-state index < -0.39 is 5.72 Å². The standard InChI is InChI=1S/C22H31N7O3/c1-3-29-20(7-10-24-29)25-19-6-4-5-18(13-19)22(15-30)28(21(23)26-32-22)14-17-8-11-27(12-9-17)16(2)31/h4-7,10,13,17,25,30H,3,8-9,11-12,14-15H2,1-2H3,(H2,23,26). The van der Waals surface area contributed by atoms with Crippen molar-refractivity contribution in [1.29, 1.82) is 0 Å². The van der Waals surface area contributed by atoms with Crippen molar-refractivity contribution < 1.29 is 14.7 Å². The molecular formula is C22H31N7O3. The fourth-order valence-electron chi connectivity index (χ4n) is 4.43. The van der Waals surface area contributed by atoms with Gasteiger partial charge in [-0.2, -0.15) is 5.10 Å². The summed E-state index contributed by atoms with van der Waals surface area (Å²) >= 11 is 0. The first-order valence-corrected chi connectivity index (χ1v) is 11.0. The number of aliphatic hydroxyl groups excluding tert-OH is 1. The number of nitrogens with one attached hydrogen (secondary N) is 1. The Morgan fingerprint density at radius 2 is 2.12 bits per heavy atom. The number of guanidine groups is 1. The van der Waals surface area contributed by atoms with Crippen molar-refractivity contribution in [1.82, 2.24) is 19.6 Å². The van der Waals surface area contributed by atoms with E-state index in [1.807, 2.05) is 51.7 Å². The van der Waals surface area contributed by atoms with Gasteiger partial charge in [0.25, 0.3) is 5.72 Å². The highest BCUT2D eigenvalue weighted by Crippen LogP contribution is 2.37. The number of nitrogens with zero attached hydrogens (tertiary/aromatic N) is 5. The molecule has 32 heavy (non-hydrogen) atoms. The van der Waals surface area contributed by atoms with Crippen molar-refractivity contribution >= 4 is 23.4 Å². The maximum Gasteiger partial charge on any atom is 0.261 e. The van der Waals surface area contributed by atoms with Crippen molar-refractivity contribution in [2.75, 3.05) is 31.6 Å². The highest BCUT2D eigenvalue weighted by molar-refractivity contribution is 5.80. The van der Waals surface area contributed by atoms with Crippen LogP contribution in [0, 0.1) is 5.92 Å². The molecule has 1 amide bonds. The highest BCUT2D eigenvalue weighted by atomic mass is 16.7. The Morgan fingerprint density at radius 3 is 2.81 bits per heavy atom. The van der Waals surface area contributed by atoms with Gasteiger partial charge in [-0.3, -0.25) is 9.69 Å². The van der Waals surface area contributed by atoms with Crippen LogP contribution in [0.25, 0.3) is 0 Å². The Hall–Kier alpha value is -3.27. The number of carbonyl (C=O) groups is 1. The summed E-state index contributed by atoms with van der Waals surface area (Å²) < 4.78 is 1.86. The zero-order valence-corrected chi connectivity index (χ0v) is 18.6. The molecule has 10 heteroatoms. The Bertz CT molecular complexity index is 983. The molecule has 0 saturated carbocycles. The Balaban J connectivity index is 1.54. The molecule has 3 heterocycles. The summed E-state index contributed by atoms with van der Waals surface area (Å²) in [5.41, 5.74) is 6.59. The molecule has 2 aromatic rings. The lowest BCUT2D eigenvalue weighted by atomic mass is 9.93. The van der Waals surface area contributed by atoms with Gasteiger partial charge in [0.15, 0.2) is 0 Å². The van der Waals surface area contributed by atoms with Gasteiger partial charge in [-0.25, -0.2) is 4.68 Å². The number of hydrogen-bond donors (Lipinski definition) is 3. The molecule has 1 fully saturated rings. The predicted molar refractivity (Wildman–Crippen MR) is 121 cm³/mol. The molecule has 4 rings (SSSR count). The van der Waals surface area contributed by atoms with E-state index in [0.29, 0.717) is 12.5 Å². The molecule has 10 nitrogen and oxygen atoms in total. The van der Waals surface area contributed by atoms with E-state index in [-0.39, 0.29) is 18.5 Å². The number of likely N-dealkylation sites (tertiary alicyclic amines) is 1. The van der Waals surface area contributed by atoms with Gasteiger partial charge >= 0.3 is 0 Å². The Labute approximate surface area is 187 Å². The number of oxime groups is 1. The number of carbonyl (C=O) groups excluding carboxylic acids is 1. The summed E-state index contributed by atoms with van der Waals surface area (Å²) in [5, 5.41) is 22.1. The SMILES string of the molecule is CCn1nccc1Nc1cccc(C2(CO)ON=C(N)N2CC2CCN(C(C)=O)CC2)c1. The lowest BCUT2D eigenvalue weighted by Crippen LogP contribution is -2.53. The molecule has 0 bridgehead atoms. The summed E-state index contributed by atoms with van der Waals surface area (Å²) in [5.74, 6) is 1.54. The number of amides is 1. The molecule has 0 spiro atoms. The largest absolute Gasteiger partial charge is 0.390 e. The minimum absolute atomic E-state index is 0.104. The van der Waals surface area contributed by atoms with Crippen LogP contribution in [0.1, 0.15) is 32.3 Å². The maximum absolute atomic E-state index is 11.6. The van der Waals surface area contributed by atoms with Gasteiger partial charge in [0.05, 0.1) is 6.20 Å². The zero-order valence-electron chi connectivity index (χ0n) is 18.6. The highest BCUT2D eigenvalue weighted by Gasteiger charge is 2.48. The van der Waals surface area contributed by atoms with E-state index in [4.69, 9.17) is 10.6 Å². The molecule has 0 radical (unpaired) electrons. The molecular weight excluding hydrogens is 410 g/mol. The van der Waals surface area contributed by atoms with Gasteiger partial charge in [0.1, 0.15) is 12.4 Å². The van der Waals surface area contributed by atoms with Crippen molar-refractivity contribution in [2.24, 2.45) is 16.8 Å². The van der Waals surface area contributed by atoms with E-state index in [2.05, 4.69) is 15.6 Å². The number of piperidine rings is 1. The number of rotatable bonds is 7. The van der Waals surface area contributed by atoms with Gasteiger partial charge in [0, 0.05) is 50.4 Å². The Kier molecular flexibility index (Phi) is 6.22. The number of aliphatic hydroxyl groups is 1. The predicted octanol–water partition coefficient (Wildman–Crippen LogP) is 1.61. The number of hydrogen-bond acceptors (Lipinski definition) is 8. The van der Waals surface area contributed by atoms with Gasteiger partial charge < -0.3 is 25.9 Å². The average Bonchev–Trinajstić information content (AvgIpc) is 3.39. The first-order valence-electron chi connectivity index (χ1n) is 11.0. The molecule has 2 aliphatic rings. The molecule has 1 unspecified atom stereocenters. The van der Waals surface area contributed by atoms with Crippen LogP contribution in [0.2, 0.25) is 0 Å². The second kappa shape index (κ2) is 9.07. The van der Waals surface area contributed by atoms with Crippen molar-refractivity contribution in [3.05, 3.63) is 42.1 Å². The molecule has 1 saturated heterocycles. The summed E-state index contributed by atoms with van der Waals surface area (Å²) in [6.45, 7) is 6.11. The average molecular weight is 442 g/mol. The van der Waals surface area contributed by atoms with Crippen LogP contribution in [0.3, 0.4) is 0 Å². The summed E-state index contributed by atoms with van der Waals surface area (Å²) in [4.78, 5) is 21.1. The van der Waals surface area contributed by atoms with Crippen LogP contribution in [0.4, 0.5) is 11.5 Å². The lowest BCUT2D eigenvalue weighted by molar-refractivity contribution is -0.142. The zero-order chi connectivity index (χ0) is 22.7. The molecule has 1 aromatic heterocycles. The summed E-state index contributed by atoms with van der Waals surface area (Å²) in [7, 11) is 0. The minimum atomic E-state index is -1.19. The van der Waals surface area contributed by atoms with Crippen LogP contribution in [0.15, 0.2) is 41.7 Å². The molecule has 4 N–H and O–H groups in total. The third-order valence-corrected chi connectivity index (χ3v) is 6.32. The van der Waals surface area contributed by atoms with Crippen LogP contribution in [0.5, 0.6) is 0 Å². The smallest absolute Gasteiger partial charge is 0.261 e. The minimum Gasteiger partial charge on any atom is -0.390 e. The van der Waals surface area contributed by atoms with Crippen molar-refractivity contribution in [3.8, 4) is 0 Å². The van der Waals surface area contributed by atoms with Gasteiger partial charge in [0.2, 0.25) is 11.9 Å². The van der Waals surface area contributed by atoms with E-state index in [1.54, 1.807) is 13.1 Å². The van der Waals surface area contributed by atoms with Crippen molar-refractivity contribution in [3.63, 3.8) is 0 Å². The lowest BCUT2D eigenvalue weighted by Gasteiger charge is -2.39. The molecule has 2 aliphatic heterocycles. The maximum atomic E-state index is 11.6. The number of benzene rings is 1. The van der Waals surface area contributed by atoms with E-state index >= 15 is 0 Å². The molecule has 1 atom stereocenters. The fourth-order valence-corrected chi connectivity index (χ4v) is 4.43. The van der Waals surface area contributed by atoms with Crippen LogP contribution in [-0.2, 0) is 21.9 Å². The first kappa shape index (κ1) is 21.9. The van der Waals surface area contributed by atoms with Crippen LogP contribution >= 0.6 is 0 Å². The van der Waals surface area contributed by atoms with Gasteiger partial charge in [-0.05, 0) is 43.0 Å². The van der Waals surface area contributed by atoms with E-state index in [1.165, 1.54) is 0 Å². The molecule has 1 aromatic carbocycles. The van der Waals surface area contributed by atoms with Crippen LogP contribution < -0.4 is 11.1 Å². The quantitative estimate of drug-likeness (QED) is 0.597. The number of aryl methyl sites for hydroxylation is 1. The Morgan fingerprint density at radius 1 is 1.34 bits per heavy atom. The second-order valence-electron chi connectivity index (χ2n) is 8.28. The third-order valence-electron chi connectivity index (χ3n) is 6.32. The topological polar surface area (TPSA) is 121 Å². The first-order chi connectivity index (χ1) is 15.5. The summed E-state index contributed by atoms with van der Waals surface area (Å²) in [6.07, 6.45) is 3.49. The fraction of sp³-hybridized carbons (Fsp3) is 0.500. The molecule has 172 valence electrons. The number of anilines is 2. The van der Waals surface area contributed by atoms with Gasteiger partial charge in [-0.15, -0.1) is 0 Å². The molecule has 0 aliphatic carbocycles. The third kappa shape index (κ3) is 4.10. The van der Waals surface area contributed by atoms with E-state index in [0.717, 1.165) is 49.5 Å².